The van der Waals surface area contributed by atoms with E-state index in [-0.39, 0.29) is 0 Å². The Balaban J connectivity index is 1.51. The van der Waals surface area contributed by atoms with Crippen LogP contribution in [0.4, 0.5) is 0 Å². The highest BCUT2D eigenvalue weighted by Crippen LogP contribution is 2.08. The highest BCUT2D eigenvalue weighted by atomic mass is 15.1. The third kappa shape index (κ3) is 4.79. The van der Waals surface area contributed by atoms with Crippen LogP contribution < -0.4 is 5.32 Å². The van der Waals surface area contributed by atoms with Gasteiger partial charge in [0.15, 0.2) is 0 Å². The molecule has 0 spiro atoms. The Morgan fingerprint density at radius 2 is 2.12 bits per heavy atom. The minimum absolute atomic E-state index is 0.850. The van der Waals surface area contributed by atoms with E-state index in [1.165, 1.54) is 45.3 Å². The average Bonchev–Trinajstić information content (AvgIpc) is 2.41. The van der Waals surface area contributed by atoms with Gasteiger partial charge in [-0.2, -0.15) is 0 Å². The van der Waals surface area contributed by atoms with E-state index in [0.717, 1.165) is 18.8 Å². The summed E-state index contributed by atoms with van der Waals surface area (Å²) in [5.74, 6) is 0. The largest absolute Gasteiger partial charge is 0.311 e. The maximum atomic E-state index is 4.18. The Bertz CT molecular complexity index is 296. The SMILES string of the molecule is c1cc(CNCCCN2CCCCC2)ncn1. The van der Waals surface area contributed by atoms with Crippen LogP contribution in [0.3, 0.4) is 0 Å². The van der Waals surface area contributed by atoms with Crippen molar-refractivity contribution >= 4 is 0 Å². The molecule has 1 aliphatic rings. The molecule has 4 nitrogen and oxygen atoms in total. The molecule has 1 N–H and O–H groups in total. The summed E-state index contributed by atoms with van der Waals surface area (Å²) in [5, 5.41) is 3.42. The lowest BCUT2D eigenvalue weighted by Crippen LogP contribution is -2.32. The van der Waals surface area contributed by atoms with Crippen molar-refractivity contribution in [2.45, 2.75) is 32.2 Å². The topological polar surface area (TPSA) is 41.0 Å². The molecule has 4 heteroatoms. The maximum absolute atomic E-state index is 4.18. The fraction of sp³-hybridized carbons (Fsp3) is 0.692. The molecule has 1 aromatic rings. The van der Waals surface area contributed by atoms with Crippen LogP contribution in [0.5, 0.6) is 0 Å². The van der Waals surface area contributed by atoms with Gasteiger partial charge in [-0.1, -0.05) is 6.42 Å². The number of hydrogen-bond acceptors (Lipinski definition) is 4. The van der Waals surface area contributed by atoms with Gasteiger partial charge < -0.3 is 10.2 Å². The van der Waals surface area contributed by atoms with Gasteiger partial charge in [0.2, 0.25) is 0 Å². The molecule has 0 unspecified atom stereocenters. The van der Waals surface area contributed by atoms with E-state index in [2.05, 4.69) is 20.2 Å². The van der Waals surface area contributed by atoms with Crippen molar-refractivity contribution < 1.29 is 0 Å². The first-order valence-electron chi connectivity index (χ1n) is 6.63. The molecule has 94 valence electrons. The predicted molar refractivity (Wildman–Crippen MR) is 68.6 cm³/mol. The third-order valence-corrected chi connectivity index (χ3v) is 3.23. The number of aromatic nitrogens is 2. The minimum atomic E-state index is 0.850. The van der Waals surface area contributed by atoms with Gasteiger partial charge in [-0.05, 0) is 51.5 Å². The summed E-state index contributed by atoms with van der Waals surface area (Å²) < 4.78 is 0. The van der Waals surface area contributed by atoms with Crippen LogP contribution in [-0.4, -0.2) is 41.0 Å². The third-order valence-electron chi connectivity index (χ3n) is 3.23. The molecule has 2 rings (SSSR count). The average molecular weight is 234 g/mol. The molecule has 1 aromatic heterocycles. The van der Waals surface area contributed by atoms with Crippen molar-refractivity contribution in [2.75, 3.05) is 26.2 Å². The van der Waals surface area contributed by atoms with Crippen molar-refractivity contribution in [3.63, 3.8) is 0 Å². The summed E-state index contributed by atoms with van der Waals surface area (Å²) in [5.41, 5.74) is 1.07. The molecule has 2 heterocycles. The number of hydrogen-bond donors (Lipinski definition) is 1. The quantitative estimate of drug-likeness (QED) is 0.756. The van der Waals surface area contributed by atoms with E-state index >= 15 is 0 Å². The lowest BCUT2D eigenvalue weighted by molar-refractivity contribution is 0.225. The Kier molecular flexibility index (Phi) is 5.39. The lowest BCUT2D eigenvalue weighted by Gasteiger charge is -2.26. The molecular weight excluding hydrogens is 212 g/mol. The van der Waals surface area contributed by atoms with E-state index in [4.69, 9.17) is 0 Å². The van der Waals surface area contributed by atoms with E-state index < -0.39 is 0 Å². The number of rotatable bonds is 6. The van der Waals surface area contributed by atoms with Crippen LogP contribution in [0.1, 0.15) is 31.4 Å². The zero-order valence-corrected chi connectivity index (χ0v) is 10.4. The Labute approximate surface area is 103 Å². The second-order valence-corrected chi connectivity index (χ2v) is 4.63. The van der Waals surface area contributed by atoms with Gasteiger partial charge in [-0.3, -0.25) is 0 Å². The predicted octanol–water partition coefficient (Wildman–Crippen LogP) is 1.44. The number of likely N-dealkylation sites (tertiary alicyclic amines) is 1. The fourth-order valence-electron chi connectivity index (χ4n) is 2.25. The molecule has 0 bridgehead atoms. The summed E-state index contributed by atoms with van der Waals surface area (Å²) in [6.07, 6.45) is 8.80. The molecule has 0 amide bonds. The molecule has 1 fully saturated rings. The molecule has 1 saturated heterocycles. The lowest BCUT2D eigenvalue weighted by atomic mass is 10.1. The van der Waals surface area contributed by atoms with E-state index in [1.54, 1.807) is 12.5 Å². The molecule has 0 aliphatic carbocycles. The van der Waals surface area contributed by atoms with Crippen LogP contribution in [-0.2, 0) is 6.54 Å². The summed E-state index contributed by atoms with van der Waals surface area (Å²) >= 11 is 0. The highest BCUT2D eigenvalue weighted by Gasteiger charge is 2.08. The number of nitrogens with one attached hydrogen (secondary N) is 1. The molecule has 0 radical (unpaired) electrons. The van der Waals surface area contributed by atoms with Crippen LogP contribution >= 0.6 is 0 Å². The molecular formula is C13H22N4. The number of nitrogens with zero attached hydrogens (tertiary/aromatic N) is 3. The van der Waals surface area contributed by atoms with Gasteiger partial charge in [0.05, 0.1) is 5.69 Å². The summed E-state index contributed by atoms with van der Waals surface area (Å²) in [6, 6.07) is 1.96. The van der Waals surface area contributed by atoms with Crippen LogP contribution in [0.25, 0.3) is 0 Å². The molecule has 0 saturated carbocycles. The molecule has 0 aromatic carbocycles. The van der Waals surface area contributed by atoms with Crippen molar-refractivity contribution in [3.05, 3.63) is 24.3 Å². The van der Waals surface area contributed by atoms with Gasteiger partial charge in [0.25, 0.3) is 0 Å². The molecule has 17 heavy (non-hydrogen) atoms. The zero-order chi connectivity index (χ0) is 11.8. The maximum Gasteiger partial charge on any atom is 0.115 e. The first kappa shape index (κ1) is 12.5. The minimum Gasteiger partial charge on any atom is -0.311 e. The van der Waals surface area contributed by atoms with Crippen LogP contribution in [0.2, 0.25) is 0 Å². The van der Waals surface area contributed by atoms with Crippen molar-refractivity contribution in [1.29, 1.82) is 0 Å². The summed E-state index contributed by atoms with van der Waals surface area (Å²) in [4.78, 5) is 10.7. The Hall–Kier alpha value is -1.00. The first-order valence-corrected chi connectivity index (χ1v) is 6.63. The van der Waals surface area contributed by atoms with E-state index in [1.807, 2.05) is 6.07 Å². The smallest absolute Gasteiger partial charge is 0.115 e. The first-order chi connectivity index (χ1) is 8.45. The fourth-order valence-corrected chi connectivity index (χ4v) is 2.25. The zero-order valence-electron chi connectivity index (χ0n) is 10.4. The van der Waals surface area contributed by atoms with Crippen molar-refractivity contribution in [3.8, 4) is 0 Å². The van der Waals surface area contributed by atoms with Gasteiger partial charge in [0, 0.05) is 12.7 Å². The second-order valence-electron chi connectivity index (χ2n) is 4.63. The Morgan fingerprint density at radius 3 is 2.88 bits per heavy atom. The summed E-state index contributed by atoms with van der Waals surface area (Å²) in [6.45, 7) is 5.75. The second kappa shape index (κ2) is 7.35. The van der Waals surface area contributed by atoms with Crippen LogP contribution in [0.15, 0.2) is 18.6 Å². The highest BCUT2D eigenvalue weighted by molar-refractivity contribution is 4.96. The van der Waals surface area contributed by atoms with Gasteiger partial charge in [-0.25, -0.2) is 9.97 Å². The van der Waals surface area contributed by atoms with Crippen molar-refractivity contribution in [1.82, 2.24) is 20.2 Å². The van der Waals surface area contributed by atoms with E-state index in [0.29, 0.717) is 0 Å². The van der Waals surface area contributed by atoms with Gasteiger partial charge >= 0.3 is 0 Å². The van der Waals surface area contributed by atoms with Gasteiger partial charge in [-0.15, -0.1) is 0 Å². The van der Waals surface area contributed by atoms with Crippen molar-refractivity contribution in [2.24, 2.45) is 0 Å². The summed E-state index contributed by atoms with van der Waals surface area (Å²) in [7, 11) is 0. The standard InChI is InChI=1S/C13H22N4/c1-2-8-17(9-3-1)10-4-6-14-11-13-5-7-15-12-16-13/h5,7,12,14H,1-4,6,8-11H2. The van der Waals surface area contributed by atoms with E-state index in [9.17, 15) is 0 Å². The van der Waals surface area contributed by atoms with Crippen LogP contribution in [0, 0.1) is 0 Å². The normalized spacial score (nSPS) is 17.2. The number of piperidine rings is 1. The van der Waals surface area contributed by atoms with Gasteiger partial charge in [0.1, 0.15) is 6.33 Å². The molecule has 0 atom stereocenters. The monoisotopic (exact) mass is 234 g/mol. The Morgan fingerprint density at radius 1 is 1.24 bits per heavy atom. The molecule has 1 aliphatic heterocycles.